The van der Waals surface area contributed by atoms with Crippen LogP contribution in [-0.4, -0.2) is 29.8 Å². The topological polar surface area (TPSA) is 83.8 Å². The van der Waals surface area contributed by atoms with Crippen LogP contribution in [0.15, 0.2) is 24.7 Å². The summed E-state index contributed by atoms with van der Waals surface area (Å²) < 4.78 is 14.4. The fourth-order valence-electron chi connectivity index (χ4n) is 1.60. The third-order valence-corrected chi connectivity index (χ3v) is 2.48. The average molecular weight is 247 g/mol. The first-order chi connectivity index (χ1) is 8.72. The molecule has 0 aliphatic heterocycles. The van der Waals surface area contributed by atoms with Gasteiger partial charge >= 0.3 is 0 Å². The second-order valence-corrected chi connectivity index (χ2v) is 3.82. The van der Waals surface area contributed by atoms with Gasteiger partial charge in [0, 0.05) is 0 Å². The molecule has 0 radical (unpaired) electrons. The second kappa shape index (κ2) is 4.06. The molecule has 8 heteroatoms. The summed E-state index contributed by atoms with van der Waals surface area (Å²) in [7, 11) is 0. The van der Waals surface area contributed by atoms with Crippen LogP contribution in [0.4, 0.5) is 10.3 Å². The number of nitrogens with one attached hydrogen (secondary N) is 2. The highest BCUT2D eigenvalue weighted by Crippen LogP contribution is 2.13. The van der Waals surface area contributed by atoms with E-state index in [4.69, 9.17) is 0 Å². The minimum absolute atomic E-state index is 0.116. The zero-order valence-electron chi connectivity index (χ0n) is 9.50. The third kappa shape index (κ3) is 1.88. The number of anilines is 1. The molecule has 0 bridgehead atoms. The maximum Gasteiger partial charge on any atom is 0.243 e. The van der Waals surface area contributed by atoms with E-state index in [1.807, 2.05) is 6.92 Å². The van der Waals surface area contributed by atoms with Gasteiger partial charge in [-0.2, -0.15) is 10.1 Å². The predicted molar refractivity (Wildman–Crippen MR) is 61.4 cm³/mol. The average Bonchev–Trinajstić information content (AvgIpc) is 2.95. The smallest absolute Gasteiger partial charge is 0.243 e. The molecule has 3 aromatic rings. The number of fused-ring (bicyclic) bond motifs is 1. The Labute approximate surface area is 101 Å². The monoisotopic (exact) mass is 247 g/mol. The normalized spacial score (nSPS) is 12.8. The Kier molecular flexibility index (Phi) is 2.40. The van der Waals surface area contributed by atoms with Crippen LogP contribution in [-0.2, 0) is 0 Å². The van der Waals surface area contributed by atoms with E-state index < -0.39 is 0 Å². The van der Waals surface area contributed by atoms with E-state index >= 15 is 0 Å². The zero-order valence-corrected chi connectivity index (χ0v) is 9.50. The van der Waals surface area contributed by atoms with Crippen LogP contribution in [0.2, 0.25) is 0 Å². The minimum atomic E-state index is -0.359. The van der Waals surface area contributed by atoms with Crippen LogP contribution < -0.4 is 5.32 Å². The van der Waals surface area contributed by atoms with Crippen molar-refractivity contribution in [2.75, 3.05) is 5.32 Å². The van der Waals surface area contributed by atoms with E-state index in [1.54, 1.807) is 6.07 Å². The fourth-order valence-corrected chi connectivity index (χ4v) is 1.60. The van der Waals surface area contributed by atoms with Crippen molar-refractivity contribution in [3.05, 3.63) is 36.3 Å². The highest BCUT2D eigenvalue weighted by molar-refractivity contribution is 5.43. The molecule has 0 saturated carbocycles. The first-order valence-corrected chi connectivity index (χ1v) is 5.36. The molecule has 0 amide bonds. The van der Waals surface area contributed by atoms with Crippen molar-refractivity contribution in [3.63, 3.8) is 0 Å². The maximum atomic E-state index is 13.0. The molecule has 7 nitrogen and oxygen atoms in total. The standard InChI is InChI=1S/C10H10FN7/c1-6(9-12-5-13-16-9)14-10-15-8-3-2-7(11)4-18(8)17-10/h2-6H,1H3,(H,14,17)(H,12,13,16). The van der Waals surface area contributed by atoms with Gasteiger partial charge in [-0.15, -0.1) is 5.10 Å². The summed E-state index contributed by atoms with van der Waals surface area (Å²) in [5.74, 6) is 0.728. The van der Waals surface area contributed by atoms with E-state index in [0.717, 1.165) is 0 Å². The van der Waals surface area contributed by atoms with Gasteiger partial charge < -0.3 is 5.32 Å². The van der Waals surface area contributed by atoms with Gasteiger partial charge in [0.05, 0.1) is 12.2 Å². The Bertz CT molecular complexity index is 660. The van der Waals surface area contributed by atoms with Gasteiger partial charge in [0.25, 0.3) is 0 Å². The Morgan fingerprint density at radius 2 is 2.33 bits per heavy atom. The highest BCUT2D eigenvalue weighted by atomic mass is 19.1. The first-order valence-electron chi connectivity index (χ1n) is 5.36. The van der Waals surface area contributed by atoms with Crippen molar-refractivity contribution < 1.29 is 4.39 Å². The lowest BCUT2D eigenvalue weighted by atomic mass is 10.3. The third-order valence-electron chi connectivity index (χ3n) is 2.48. The van der Waals surface area contributed by atoms with Crippen LogP contribution in [0.25, 0.3) is 5.65 Å². The Morgan fingerprint density at radius 3 is 3.11 bits per heavy atom. The van der Waals surface area contributed by atoms with Crippen LogP contribution >= 0.6 is 0 Å². The zero-order chi connectivity index (χ0) is 12.5. The molecule has 0 aromatic carbocycles. The molecule has 3 rings (SSSR count). The molecule has 0 spiro atoms. The molecule has 3 aromatic heterocycles. The summed E-state index contributed by atoms with van der Waals surface area (Å²) in [4.78, 5) is 8.24. The van der Waals surface area contributed by atoms with E-state index in [9.17, 15) is 4.39 Å². The molecule has 92 valence electrons. The van der Waals surface area contributed by atoms with Crippen LogP contribution in [0.5, 0.6) is 0 Å². The molecule has 0 saturated heterocycles. The van der Waals surface area contributed by atoms with Gasteiger partial charge in [0.15, 0.2) is 5.65 Å². The number of aromatic amines is 1. The minimum Gasteiger partial charge on any atom is -0.343 e. The molecule has 1 unspecified atom stereocenters. The lowest BCUT2D eigenvalue weighted by Crippen LogP contribution is -2.09. The van der Waals surface area contributed by atoms with Crippen molar-refractivity contribution in [2.24, 2.45) is 0 Å². The van der Waals surface area contributed by atoms with E-state index in [-0.39, 0.29) is 11.9 Å². The molecule has 1 atom stereocenters. The van der Waals surface area contributed by atoms with Gasteiger partial charge in [-0.3, -0.25) is 5.10 Å². The fraction of sp³-hybridized carbons (Fsp3) is 0.200. The summed E-state index contributed by atoms with van der Waals surface area (Å²) in [6.45, 7) is 1.90. The summed E-state index contributed by atoms with van der Waals surface area (Å²) >= 11 is 0. The molecule has 0 aliphatic carbocycles. The van der Waals surface area contributed by atoms with Crippen molar-refractivity contribution in [3.8, 4) is 0 Å². The predicted octanol–water partition coefficient (Wildman–Crippen LogP) is 1.16. The number of hydrogen-bond donors (Lipinski definition) is 2. The van der Waals surface area contributed by atoms with E-state index in [2.05, 4.69) is 30.6 Å². The number of nitrogens with zero attached hydrogens (tertiary/aromatic N) is 5. The summed E-state index contributed by atoms with van der Waals surface area (Å²) in [5, 5.41) is 13.7. The van der Waals surface area contributed by atoms with Gasteiger partial charge in [0.2, 0.25) is 5.95 Å². The number of pyridine rings is 1. The first kappa shape index (κ1) is 10.6. The van der Waals surface area contributed by atoms with Crippen LogP contribution in [0.3, 0.4) is 0 Å². The summed E-state index contributed by atoms with van der Waals surface area (Å²) in [6.07, 6.45) is 2.70. The molecule has 3 heterocycles. The van der Waals surface area contributed by atoms with Gasteiger partial charge in [-0.05, 0) is 19.1 Å². The molecule has 0 fully saturated rings. The van der Waals surface area contributed by atoms with Crippen molar-refractivity contribution in [1.82, 2.24) is 29.8 Å². The Balaban J connectivity index is 1.86. The van der Waals surface area contributed by atoms with E-state index in [0.29, 0.717) is 17.4 Å². The maximum absolute atomic E-state index is 13.0. The van der Waals surface area contributed by atoms with Crippen molar-refractivity contribution >= 4 is 11.6 Å². The lowest BCUT2D eigenvalue weighted by molar-refractivity contribution is 0.614. The Hall–Kier alpha value is -2.51. The largest absolute Gasteiger partial charge is 0.343 e. The summed E-state index contributed by atoms with van der Waals surface area (Å²) in [6, 6.07) is 2.79. The van der Waals surface area contributed by atoms with Crippen LogP contribution in [0, 0.1) is 5.82 Å². The number of rotatable bonds is 3. The van der Waals surface area contributed by atoms with Crippen molar-refractivity contribution in [2.45, 2.75) is 13.0 Å². The molecule has 18 heavy (non-hydrogen) atoms. The highest BCUT2D eigenvalue weighted by Gasteiger charge is 2.11. The van der Waals surface area contributed by atoms with Gasteiger partial charge in [-0.25, -0.2) is 13.9 Å². The number of H-pyrrole nitrogens is 1. The van der Waals surface area contributed by atoms with Gasteiger partial charge in [0.1, 0.15) is 18.0 Å². The molecule has 2 N–H and O–H groups in total. The molecular formula is C10H10FN7. The second-order valence-electron chi connectivity index (χ2n) is 3.82. The quantitative estimate of drug-likeness (QED) is 0.725. The lowest BCUT2D eigenvalue weighted by Gasteiger charge is -2.07. The number of halogens is 1. The SMILES string of the molecule is CC(Nc1nc2ccc(F)cn2n1)c1ncn[nH]1. The van der Waals surface area contributed by atoms with Crippen molar-refractivity contribution in [1.29, 1.82) is 0 Å². The molecule has 0 aliphatic rings. The van der Waals surface area contributed by atoms with Gasteiger partial charge in [-0.1, -0.05) is 0 Å². The number of aromatic nitrogens is 6. The van der Waals surface area contributed by atoms with Crippen LogP contribution in [0.1, 0.15) is 18.8 Å². The summed E-state index contributed by atoms with van der Waals surface area (Å²) in [5.41, 5.74) is 0.573. The molecular weight excluding hydrogens is 237 g/mol. The van der Waals surface area contributed by atoms with E-state index in [1.165, 1.54) is 23.1 Å². The number of hydrogen-bond acceptors (Lipinski definition) is 5. The Morgan fingerprint density at radius 1 is 1.44 bits per heavy atom.